The summed E-state index contributed by atoms with van der Waals surface area (Å²) >= 11 is 1.76. The Morgan fingerprint density at radius 1 is 1.02 bits per heavy atom. The number of ketones is 2. The van der Waals surface area contributed by atoms with Crippen LogP contribution in [0.5, 0.6) is 0 Å². The number of aliphatic hydroxyl groups excluding tert-OH is 1. The van der Waals surface area contributed by atoms with Crippen LogP contribution in [0.15, 0.2) is 58.5 Å². The molecule has 0 aromatic heterocycles. The van der Waals surface area contributed by atoms with Gasteiger partial charge >= 0.3 is 12.1 Å². The number of urea groups is 1. The van der Waals surface area contributed by atoms with Gasteiger partial charge < -0.3 is 57.7 Å². The lowest BCUT2D eigenvalue weighted by molar-refractivity contribution is -0.121. The average molecular weight is 876 g/mol. The number of primary amides is 1. The van der Waals surface area contributed by atoms with Gasteiger partial charge in [0.15, 0.2) is 0 Å². The number of hydrogen-bond donors (Lipinski definition) is 9. The number of rotatable bonds is 13. The molecule has 0 saturated carbocycles. The molecule has 3 heterocycles. The number of ether oxygens (including phenoxy) is 2. The Balaban J connectivity index is 0.000000708. The molecule has 0 radical (unpaired) electrons. The number of fused-ring (bicyclic) bond motifs is 3. The summed E-state index contributed by atoms with van der Waals surface area (Å²) < 4.78 is 11.1. The normalized spacial score (nSPS) is 28.1. The summed E-state index contributed by atoms with van der Waals surface area (Å²) in [4.78, 5) is 71.1. The molecule has 2 saturated heterocycles. The van der Waals surface area contributed by atoms with Crippen molar-refractivity contribution in [1.82, 2.24) is 26.6 Å². The molecule has 2 fully saturated rings. The Labute approximate surface area is 364 Å². The Bertz CT molecular complexity index is 1670. The first kappa shape index (κ1) is 52.6. The van der Waals surface area contributed by atoms with E-state index in [9.17, 15) is 29.1 Å². The number of unbranched alkanes of at least 4 members (excludes halogenated alkanes) is 1. The zero-order chi connectivity index (χ0) is 45.6. The molecular formula is C43H69N7O10S. The molecule has 18 heteroatoms. The second kappa shape index (κ2) is 26.8. The van der Waals surface area contributed by atoms with Gasteiger partial charge in [-0.3, -0.25) is 19.2 Å². The number of nitrogens with one attached hydrogen (secondary N) is 5. The molecule has 2 bridgehead atoms. The highest BCUT2D eigenvalue weighted by Crippen LogP contribution is 2.36. The van der Waals surface area contributed by atoms with Gasteiger partial charge in [-0.25, -0.2) is 9.59 Å². The van der Waals surface area contributed by atoms with Crippen LogP contribution in [0.2, 0.25) is 0 Å². The number of hydrogen-bond acceptors (Lipinski definition) is 12. The first-order chi connectivity index (χ1) is 28.8. The lowest BCUT2D eigenvalue weighted by Gasteiger charge is -2.30. The van der Waals surface area contributed by atoms with Crippen molar-refractivity contribution in [1.29, 1.82) is 0 Å². The van der Waals surface area contributed by atoms with Gasteiger partial charge in [0.05, 0.1) is 49.5 Å². The predicted molar refractivity (Wildman–Crippen MR) is 236 cm³/mol. The molecule has 17 nitrogen and oxygen atoms in total. The highest BCUT2D eigenvalue weighted by molar-refractivity contribution is 7.99. The van der Waals surface area contributed by atoms with Crippen molar-refractivity contribution < 1.29 is 48.5 Å². The van der Waals surface area contributed by atoms with Crippen molar-refractivity contribution in [3.05, 3.63) is 58.5 Å². The average Bonchev–Trinajstić information content (AvgIpc) is 3.59. The van der Waals surface area contributed by atoms with Crippen molar-refractivity contribution >= 4 is 47.3 Å². The number of thioether (sulfide) groups is 1. The van der Waals surface area contributed by atoms with E-state index in [4.69, 9.17) is 25.1 Å². The fourth-order valence-electron chi connectivity index (χ4n) is 6.67. The van der Waals surface area contributed by atoms with E-state index >= 15 is 0 Å². The van der Waals surface area contributed by atoms with Crippen LogP contribution < -0.4 is 38.1 Å². The molecule has 0 aromatic carbocycles. The molecule has 342 valence electrons. The van der Waals surface area contributed by atoms with Crippen molar-refractivity contribution in [2.75, 3.05) is 51.0 Å². The number of nitrogens with two attached hydrogens (primary N) is 2. The molecule has 0 aromatic rings. The van der Waals surface area contributed by atoms with Gasteiger partial charge in [0.2, 0.25) is 17.5 Å². The molecule has 5 atom stereocenters. The van der Waals surface area contributed by atoms with E-state index in [1.54, 1.807) is 24.8 Å². The molecular weight excluding hydrogens is 807 g/mol. The van der Waals surface area contributed by atoms with Gasteiger partial charge in [-0.15, -0.1) is 0 Å². The fraction of sp³-hybridized carbons (Fsp3) is 0.628. The standard InChI is InChI=1S/C36H55N3O7.C6H11N3OS.CH3NO2/c1-6-7-13-33(42)37-16-18-45-20-21-46-19-17-38-34-29-23-26(3)14-15-31(40)28(5)22-25(2)11-9-8-10-12-27(4)36(44)39-30(35(29)43)24-32(34)41;1-5-2-11-3-6(5,7)9-4(10)8-5;2-1(3)4/h8,10,12,22,24,26,28,31,38,40H,6-7,9,11,13-21,23H2,1-5H3,(H,37,42)(H,39,44);2-3,7H2,1H3,(H2,8,9,10);2H2,(H,3,4)/b10-8-,25-22+,27-12+;;. The van der Waals surface area contributed by atoms with E-state index in [0.717, 1.165) is 37.2 Å². The number of carboxylic acid groups (broad SMARTS) is 1. The van der Waals surface area contributed by atoms with Crippen LogP contribution in [-0.2, 0) is 28.7 Å². The summed E-state index contributed by atoms with van der Waals surface area (Å²) in [6.07, 6.45) is 12.5. The maximum Gasteiger partial charge on any atom is 0.402 e. The maximum absolute atomic E-state index is 13.6. The molecule has 0 spiro atoms. The van der Waals surface area contributed by atoms with Gasteiger partial charge in [0, 0.05) is 54.2 Å². The molecule has 4 aliphatic rings. The SMILES string of the molecule is CC12CSCC1(N)NC(=O)N2.CCCCC(=O)NCCOCCOCCNC1=C2CC(C)CCC(O)C(C)/C=C(\C)CC/C=C\C=C(/C)C(=O)NC(=CC1=O)C2=O.NC(=O)O. The third kappa shape index (κ3) is 18.6. The number of amides is 5. The van der Waals surface area contributed by atoms with Gasteiger partial charge in [-0.1, -0.05) is 57.1 Å². The van der Waals surface area contributed by atoms with Gasteiger partial charge in [-0.05, 0) is 65.2 Å². The van der Waals surface area contributed by atoms with E-state index in [0.29, 0.717) is 69.7 Å². The van der Waals surface area contributed by atoms with Crippen LogP contribution in [0.4, 0.5) is 9.59 Å². The van der Waals surface area contributed by atoms with Crippen molar-refractivity contribution in [3.8, 4) is 0 Å². The second-order valence-electron chi connectivity index (χ2n) is 16.0. The molecule has 3 aliphatic heterocycles. The van der Waals surface area contributed by atoms with Crippen LogP contribution in [0.25, 0.3) is 0 Å². The van der Waals surface area contributed by atoms with Crippen molar-refractivity contribution in [3.63, 3.8) is 0 Å². The molecule has 5 amide bonds. The lowest BCUT2D eigenvalue weighted by atomic mass is 9.86. The summed E-state index contributed by atoms with van der Waals surface area (Å²) in [5.74, 6) is 0.485. The quantitative estimate of drug-likeness (QED) is 0.0556. The first-order valence-electron chi connectivity index (χ1n) is 21.0. The Morgan fingerprint density at radius 2 is 1.69 bits per heavy atom. The number of Topliss-reactive ketones (excluding diaryl/α,β-unsaturated/α-hetero) is 1. The highest BCUT2D eigenvalue weighted by atomic mass is 32.2. The maximum atomic E-state index is 13.6. The zero-order valence-electron chi connectivity index (χ0n) is 36.7. The van der Waals surface area contributed by atoms with Gasteiger partial charge in [0.1, 0.15) is 5.66 Å². The van der Waals surface area contributed by atoms with Crippen LogP contribution in [0.1, 0.15) is 92.9 Å². The van der Waals surface area contributed by atoms with E-state index in [2.05, 4.69) is 45.3 Å². The van der Waals surface area contributed by atoms with Gasteiger partial charge in [0.25, 0.3) is 5.91 Å². The second-order valence-corrected chi connectivity index (χ2v) is 17.0. The molecule has 11 N–H and O–H groups in total. The molecule has 61 heavy (non-hydrogen) atoms. The summed E-state index contributed by atoms with van der Waals surface area (Å²) in [6, 6.07) is -0.143. The monoisotopic (exact) mass is 875 g/mol. The highest BCUT2D eigenvalue weighted by Gasteiger charge is 2.56. The van der Waals surface area contributed by atoms with E-state index in [1.165, 1.54) is 11.6 Å². The summed E-state index contributed by atoms with van der Waals surface area (Å²) in [7, 11) is 0. The molecule has 5 unspecified atom stereocenters. The molecule has 4 rings (SSSR count). The number of carbonyl (C=O) groups excluding carboxylic acids is 5. The fourth-order valence-corrected chi connectivity index (χ4v) is 8.22. The minimum absolute atomic E-state index is 0.00303. The van der Waals surface area contributed by atoms with Crippen molar-refractivity contribution in [2.24, 2.45) is 23.3 Å². The van der Waals surface area contributed by atoms with Crippen LogP contribution in [0.3, 0.4) is 0 Å². The summed E-state index contributed by atoms with van der Waals surface area (Å²) in [6.45, 7) is 13.9. The number of allylic oxidation sites excluding steroid dienone is 6. The van der Waals surface area contributed by atoms with Crippen LogP contribution in [0, 0.1) is 11.8 Å². The van der Waals surface area contributed by atoms with Crippen molar-refractivity contribution in [2.45, 2.75) is 110 Å². The third-order valence-corrected chi connectivity index (χ3v) is 11.9. The topological polar surface area (TPSA) is 274 Å². The number of carbonyl (C=O) groups is 6. The first-order valence-corrected chi connectivity index (χ1v) is 22.1. The largest absolute Gasteiger partial charge is 0.465 e. The van der Waals surface area contributed by atoms with E-state index < -0.39 is 29.6 Å². The minimum Gasteiger partial charge on any atom is -0.465 e. The zero-order valence-corrected chi connectivity index (χ0v) is 37.5. The van der Waals surface area contributed by atoms with E-state index in [1.807, 2.05) is 39.8 Å². The third-order valence-electron chi connectivity index (χ3n) is 10.5. The lowest BCUT2D eigenvalue weighted by Crippen LogP contribution is -2.63. The van der Waals surface area contributed by atoms with Crippen LogP contribution in [-0.4, -0.2) is 114 Å². The number of aliphatic hydroxyl groups is 1. The Morgan fingerprint density at radius 3 is 2.34 bits per heavy atom. The summed E-state index contributed by atoms with van der Waals surface area (Å²) in [5, 5.41) is 32.1. The van der Waals surface area contributed by atoms with Crippen LogP contribution >= 0.6 is 11.8 Å². The summed E-state index contributed by atoms with van der Waals surface area (Å²) in [5.41, 5.74) is 11.3. The smallest absolute Gasteiger partial charge is 0.402 e. The molecule has 1 aliphatic carbocycles. The Kier molecular flexibility index (Phi) is 23.1. The van der Waals surface area contributed by atoms with Gasteiger partial charge in [-0.2, -0.15) is 11.8 Å². The Hall–Kier alpha value is -4.49. The predicted octanol–water partition coefficient (Wildman–Crippen LogP) is 3.45. The minimum atomic E-state index is -1.33. The van der Waals surface area contributed by atoms with E-state index in [-0.39, 0.29) is 53.1 Å².